The minimum Gasteiger partial charge on any atom is -0.505 e. The van der Waals surface area contributed by atoms with Gasteiger partial charge in [-0.05, 0) is 18.9 Å². The van der Waals surface area contributed by atoms with E-state index in [1.807, 2.05) is 0 Å². The van der Waals surface area contributed by atoms with Crippen LogP contribution in [0.4, 0.5) is 0 Å². The number of amides is 1. The predicted molar refractivity (Wildman–Crippen MR) is 98.1 cm³/mol. The predicted octanol–water partition coefficient (Wildman–Crippen LogP) is 3.35. The van der Waals surface area contributed by atoms with Crippen molar-refractivity contribution in [3.05, 3.63) is 12.3 Å². The Kier molecular flexibility index (Phi) is 14.9. The fraction of sp³-hybridized carbons (Fsp3) is 0.789. The van der Waals surface area contributed by atoms with Crippen molar-refractivity contribution >= 4 is 11.9 Å². The molecule has 0 saturated heterocycles. The van der Waals surface area contributed by atoms with Crippen LogP contribution in [0.3, 0.4) is 0 Å². The van der Waals surface area contributed by atoms with Crippen LogP contribution in [0.2, 0.25) is 0 Å². The second-order valence-electron chi connectivity index (χ2n) is 6.17. The van der Waals surface area contributed by atoms with Gasteiger partial charge in [0.25, 0.3) is 0 Å². The van der Waals surface area contributed by atoms with Crippen LogP contribution in [-0.4, -0.2) is 44.3 Å². The molecule has 0 aromatic rings. The Balaban J connectivity index is 4.13. The van der Waals surface area contributed by atoms with Gasteiger partial charge in [-0.3, -0.25) is 9.59 Å². The second-order valence-corrected chi connectivity index (χ2v) is 6.17. The molecule has 0 fully saturated rings. The van der Waals surface area contributed by atoms with Crippen LogP contribution in [-0.2, 0) is 23.8 Å². The van der Waals surface area contributed by atoms with Crippen molar-refractivity contribution in [3.8, 4) is 0 Å². The third-order valence-corrected chi connectivity index (χ3v) is 3.68. The molecule has 1 amide bonds. The summed E-state index contributed by atoms with van der Waals surface area (Å²) in [5.41, 5.74) is 0. The number of nitrogens with one attached hydrogen (secondary N) is 1. The molecule has 146 valence electrons. The van der Waals surface area contributed by atoms with E-state index in [1.165, 1.54) is 45.8 Å². The summed E-state index contributed by atoms with van der Waals surface area (Å²) in [5, 5.41) is 2.77. The van der Waals surface area contributed by atoms with Crippen LogP contribution in [0.1, 0.15) is 65.7 Å². The van der Waals surface area contributed by atoms with E-state index >= 15 is 0 Å². The molecule has 0 saturated carbocycles. The first kappa shape index (κ1) is 23.4. The lowest BCUT2D eigenvalue weighted by Crippen LogP contribution is -2.35. The molecule has 0 bridgehead atoms. The summed E-state index contributed by atoms with van der Waals surface area (Å²) < 4.78 is 15.9. The highest BCUT2D eigenvalue weighted by Crippen LogP contribution is 2.12. The highest BCUT2D eigenvalue weighted by Gasteiger charge is 2.13. The molecule has 0 aromatic heterocycles. The number of hydrogen-bond donors (Lipinski definition) is 1. The number of carbonyl (C=O) groups is 2. The van der Waals surface area contributed by atoms with E-state index < -0.39 is 0 Å². The molecule has 0 aliphatic rings. The van der Waals surface area contributed by atoms with E-state index in [4.69, 9.17) is 14.2 Å². The van der Waals surface area contributed by atoms with Crippen LogP contribution < -0.4 is 5.32 Å². The van der Waals surface area contributed by atoms with E-state index in [0.717, 1.165) is 12.8 Å². The summed E-state index contributed by atoms with van der Waals surface area (Å²) in [6, 6.07) is -0.237. The molecule has 2 unspecified atom stereocenters. The average Bonchev–Trinajstić information content (AvgIpc) is 2.54. The first-order valence-corrected chi connectivity index (χ1v) is 9.21. The average molecular weight is 357 g/mol. The normalized spacial score (nSPS) is 13.4. The summed E-state index contributed by atoms with van der Waals surface area (Å²) in [5.74, 6) is -0.378. The maximum absolute atomic E-state index is 11.2. The number of ether oxygens (including phenoxy) is 3. The minimum absolute atomic E-state index is 0.104. The van der Waals surface area contributed by atoms with E-state index in [0.29, 0.717) is 19.6 Å². The van der Waals surface area contributed by atoms with Crippen molar-refractivity contribution in [2.24, 2.45) is 0 Å². The van der Waals surface area contributed by atoms with Crippen molar-refractivity contribution in [3.63, 3.8) is 0 Å². The van der Waals surface area contributed by atoms with E-state index in [-0.39, 0.29) is 24.0 Å². The van der Waals surface area contributed by atoms with E-state index in [2.05, 4.69) is 12.2 Å². The highest BCUT2D eigenvalue weighted by atomic mass is 16.5. The second kappa shape index (κ2) is 15.9. The number of methoxy groups -OCH3 is 1. The van der Waals surface area contributed by atoms with Crippen LogP contribution in [0.15, 0.2) is 12.3 Å². The van der Waals surface area contributed by atoms with Crippen molar-refractivity contribution in [2.45, 2.75) is 77.9 Å². The molecule has 0 aliphatic carbocycles. The lowest BCUT2D eigenvalue weighted by atomic mass is 10.1. The number of unbranched alkanes of at least 4 members (excludes halogenated alkanes) is 4. The van der Waals surface area contributed by atoms with Crippen LogP contribution in [0, 0.1) is 0 Å². The molecule has 0 aromatic carbocycles. The van der Waals surface area contributed by atoms with Gasteiger partial charge in [0.05, 0.1) is 32.6 Å². The molecule has 1 N–H and O–H groups in total. The molecular formula is C19H35NO5. The maximum atomic E-state index is 11.2. The maximum Gasteiger partial charge on any atom is 0.302 e. The monoisotopic (exact) mass is 357 g/mol. The smallest absolute Gasteiger partial charge is 0.302 e. The zero-order chi connectivity index (χ0) is 18.9. The van der Waals surface area contributed by atoms with Gasteiger partial charge in [-0.25, -0.2) is 0 Å². The van der Waals surface area contributed by atoms with E-state index in [9.17, 15) is 9.59 Å². The van der Waals surface area contributed by atoms with Crippen molar-refractivity contribution in [1.82, 2.24) is 5.32 Å². The lowest BCUT2D eigenvalue weighted by molar-refractivity contribution is -0.147. The fourth-order valence-electron chi connectivity index (χ4n) is 2.48. The molecule has 25 heavy (non-hydrogen) atoms. The van der Waals surface area contributed by atoms with Gasteiger partial charge in [-0.1, -0.05) is 32.6 Å². The first-order valence-electron chi connectivity index (χ1n) is 9.21. The Morgan fingerprint density at radius 2 is 1.80 bits per heavy atom. The van der Waals surface area contributed by atoms with Crippen molar-refractivity contribution in [1.29, 1.82) is 0 Å². The van der Waals surface area contributed by atoms with Gasteiger partial charge in [-0.2, -0.15) is 0 Å². The molecule has 6 nitrogen and oxygen atoms in total. The molecule has 0 radical (unpaired) electrons. The Morgan fingerprint density at radius 1 is 1.08 bits per heavy atom. The Bertz CT molecular complexity index is 384. The standard InChI is InChI=1S/C19H35NO5/c1-5-6-7-8-9-10-19(25-17(3)22)12-14-24-15-18(11-13-23-4)20-16(2)21/h11,13,18-19H,5-10,12,14-15H2,1-4H3,(H,20,21)/b13-11+. The Labute approximate surface area is 152 Å². The summed E-state index contributed by atoms with van der Waals surface area (Å²) >= 11 is 0. The number of esters is 1. The van der Waals surface area contributed by atoms with Gasteiger partial charge in [0.1, 0.15) is 6.10 Å². The van der Waals surface area contributed by atoms with Crippen LogP contribution in [0.5, 0.6) is 0 Å². The molecule has 0 heterocycles. The van der Waals surface area contributed by atoms with Gasteiger partial charge >= 0.3 is 5.97 Å². The van der Waals surface area contributed by atoms with Gasteiger partial charge in [0.15, 0.2) is 0 Å². The highest BCUT2D eigenvalue weighted by molar-refractivity contribution is 5.73. The summed E-state index contributed by atoms with van der Waals surface area (Å²) in [4.78, 5) is 22.4. The molecule has 0 spiro atoms. The third kappa shape index (κ3) is 15.7. The fourth-order valence-corrected chi connectivity index (χ4v) is 2.48. The quantitative estimate of drug-likeness (QED) is 0.276. The molecule has 0 aliphatic heterocycles. The third-order valence-electron chi connectivity index (χ3n) is 3.68. The number of carbonyl (C=O) groups excluding carboxylic acids is 2. The molecule has 0 rings (SSSR count). The van der Waals surface area contributed by atoms with Gasteiger partial charge in [-0.15, -0.1) is 0 Å². The Hall–Kier alpha value is -1.56. The van der Waals surface area contributed by atoms with E-state index in [1.54, 1.807) is 13.2 Å². The van der Waals surface area contributed by atoms with Crippen LogP contribution >= 0.6 is 0 Å². The van der Waals surface area contributed by atoms with Crippen molar-refractivity contribution < 1.29 is 23.8 Å². The van der Waals surface area contributed by atoms with Gasteiger partial charge in [0.2, 0.25) is 5.91 Å². The molecular weight excluding hydrogens is 322 g/mol. The Morgan fingerprint density at radius 3 is 2.40 bits per heavy atom. The topological polar surface area (TPSA) is 73.9 Å². The van der Waals surface area contributed by atoms with Crippen molar-refractivity contribution in [2.75, 3.05) is 20.3 Å². The zero-order valence-electron chi connectivity index (χ0n) is 16.2. The van der Waals surface area contributed by atoms with Gasteiger partial charge in [0, 0.05) is 20.3 Å². The molecule has 6 heteroatoms. The van der Waals surface area contributed by atoms with Gasteiger partial charge < -0.3 is 19.5 Å². The molecule has 2 atom stereocenters. The number of rotatable bonds is 15. The summed E-state index contributed by atoms with van der Waals surface area (Å²) in [7, 11) is 1.55. The summed E-state index contributed by atoms with van der Waals surface area (Å²) in [6.45, 7) is 5.91. The minimum atomic E-state index is -0.252. The first-order chi connectivity index (χ1) is 12.0. The largest absolute Gasteiger partial charge is 0.505 e. The van der Waals surface area contributed by atoms with Crippen LogP contribution in [0.25, 0.3) is 0 Å². The SMILES string of the molecule is CCCCCCCC(CCOCC(/C=C/OC)NC(C)=O)OC(C)=O. The lowest BCUT2D eigenvalue weighted by Gasteiger charge is -2.18. The summed E-state index contributed by atoms with van der Waals surface area (Å²) in [6.07, 6.45) is 10.6. The zero-order valence-corrected chi connectivity index (χ0v) is 16.2. The number of hydrogen-bond acceptors (Lipinski definition) is 5.